The largest absolute Gasteiger partial charge is 0.368 e. The minimum absolute atomic E-state index is 0.299. The van der Waals surface area contributed by atoms with E-state index in [-0.39, 0.29) is 0 Å². The van der Waals surface area contributed by atoms with Crippen LogP contribution in [-0.2, 0) is 7.05 Å². The van der Waals surface area contributed by atoms with Crippen LogP contribution in [0.2, 0.25) is 0 Å². The van der Waals surface area contributed by atoms with Crippen molar-refractivity contribution in [3.8, 4) is 5.95 Å². The molecule has 0 aliphatic heterocycles. The normalized spacial score (nSPS) is 11.2. The summed E-state index contributed by atoms with van der Waals surface area (Å²) in [7, 11) is 1.89. The molecule has 3 aromatic rings. The van der Waals surface area contributed by atoms with Crippen molar-refractivity contribution in [2.75, 3.05) is 5.73 Å². The van der Waals surface area contributed by atoms with Gasteiger partial charge in [0.05, 0.1) is 16.2 Å². The Labute approximate surface area is 104 Å². The second kappa shape index (κ2) is 3.52. The first kappa shape index (κ1) is 10.2. The molecule has 7 nitrogen and oxygen atoms in total. The number of rotatable bonds is 1. The number of anilines is 1. The summed E-state index contributed by atoms with van der Waals surface area (Å²) in [6.07, 6.45) is 4.80. The van der Waals surface area contributed by atoms with Gasteiger partial charge in [-0.05, 0) is 15.9 Å². The van der Waals surface area contributed by atoms with Crippen LogP contribution in [0.4, 0.5) is 5.95 Å². The molecule has 0 spiro atoms. The molecule has 3 rings (SSSR count). The van der Waals surface area contributed by atoms with Crippen LogP contribution in [0.15, 0.2) is 23.2 Å². The van der Waals surface area contributed by atoms with Crippen LogP contribution in [-0.4, -0.2) is 29.3 Å². The topological polar surface area (TPSA) is 87.4 Å². The minimum atomic E-state index is 0.299. The zero-order chi connectivity index (χ0) is 12.0. The Balaban J connectivity index is 2.36. The van der Waals surface area contributed by atoms with Crippen LogP contribution in [0, 0.1) is 0 Å². The van der Waals surface area contributed by atoms with Gasteiger partial charge in [-0.15, -0.1) is 0 Å². The number of aromatic nitrogens is 6. The molecule has 0 aliphatic carbocycles. The Kier molecular flexibility index (Phi) is 2.11. The van der Waals surface area contributed by atoms with Gasteiger partial charge in [0, 0.05) is 13.2 Å². The van der Waals surface area contributed by atoms with Gasteiger partial charge in [-0.25, -0.2) is 4.98 Å². The van der Waals surface area contributed by atoms with Crippen molar-refractivity contribution < 1.29 is 0 Å². The van der Waals surface area contributed by atoms with E-state index in [0.717, 1.165) is 15.5 Å². The van der Waals surface area contributed by atoms with E-state index < -0.39 is 0 Å². The molecule has 17 heavy (non-hydrogen) atoms. The second-order valence-corrected chi connectivity index (χ2v) is 4.34. The third-order valence-corrected chi connectivity index (χ3v) is 3.05. The summed E-state index contributed by atoms with van der Waals surface area (Å²) in [5, 5.41) is 4.03. The molecule has 0 saturated heterocycles. The molecule has 0 atom stereocenters. The number of hydrogen-bond donors (Lipinski definition) is 1. The zero-order valence-electron chi connectivity index (χ0n) is 8.87. The van der Waals surface area contributed by atoms with Crippen LogP contribution in [0.25, 0.3) is 17.0 Å². The first-order valence-electron chi connectivity index (χ1n) is 4.80. The van der Waals surface area contributed by atoms with E-state index >= 15 is 0 Å². The fraction of sp³-hybridized carbons (Fsp3) is 0.111. The van der Waals surface area contributed by atoms with Crippen molar-refractivity contribution in [3.05, 3.63) is 23.2 Å². The number of fused-ring (bicyclic) bond motifs is 1. The Bertz CT molecular complexity index is 699. The maximum atomic E-state index is 5.71. The van der Waals surface area contributed by atoms with Crippen molar-refractivity contribution in [2.24, 2.45) is 7.05 Å². The molecule has 3 heterocycles. The second-order valence-electron chi connectivity index (χ2n) is 3.49. The summed E-state index contributed by atoms with van der Waals surface area (Å²) in [6, 6.07) is 0. The van der Waals surface area contributed by atoms with Crippen molar-refractivity contribution in [1.82, 2.24) is 29.3 Å². The summed E-state index contributed by atoms with van der Waals surface area (Å²) < 4.78 is 4.23. The molecule has 0 aromatic carbocycles. The average molecular weight is 294 g/mol. The number of imidazole rings is 1. The van der Waals surface area contributed by atoms with Gasteiger partial charge in [-0.1, -0.05) is 0 Å². The smallest absolute Gasteiger partial charge is 0.234 e. The van der Waals surface area contributed by atoms with Crippen molar-refractivity contribution in [2.45, 2.75) is 0 Å². The predicted octanol–water partition coefficient (Wildman–Crippen LogP) is 0.894. The highest BCUT2D eigenvalue weighted by atomic mass is 79.9. The van der Waals surface area contributed by atoms with Gasteiger partial charge in [-0.2, -0.15) is 14.8 Å². The number of aryl methyl sites for hydroxylation is 1. The summed E-state index contributed by atoms with van der Waals surface area (Å²) >= 11 is 3.44. The van der Waals surface area contributed by atoms with E-state index in [1.165, 1.54) is 11.0 Å². The molecule has 0 aliphatic rings. The Morgan fingerprint density at radius 1 is 1.35 bits per heavy atom. The minimum Gasteiger partial charge on any atom is -0.368 e. The summed E-state index contributed by atoms with van der Waals surface area (Å²) in [6.45, 7) is 0. The monoisotopic (exact) mass is 293 g/mol. The molecule has 0 fully saturated rings. The third kappa shape index (κ3) is 1.41. The molecule has 3 aromatic heterocycles. The van der Waals surface area contributed by atoms with Crippen molar-refractivity contribution in [1.29, 1.82) is 0 Å². The highest BCUT2D eigenvalue weighted by Gasteiger charge is 2.14. The quantitative estimate of drug-likeness (QED) is 0.720. The van der Waals surface area contributed by atoms with E-state index in [2.05, 4.69) is 36.0 Å². The van der Waals surface area contributed by atoms with Gasteiger partial charge in [0.1, 0.15) is 11.8 Å². The van der Waals surface area contributed by atoms with Gasteiger partial charge in [-0.3, -0.25) is 4.98 Å². The van der Waals surface area contributed by atoms with Gasteiger partial charge in [0.25, 0.3) is 0 Å². The first-order chi connectivity index (χ1) is 8.18. The fourth-order valence-corrected chi connectivity index (χ4v) is 2.30. The average Bonchev–Trinajstić information content (AvgIpc) is 2.84. The van der Waals surface area contributed by atoms with Gasteiger partial charge < -0.3 is 10.3 Å². The van der Waals surface area contributed by atoms with E-state index in [0.29, 0.717) is 11.9 Å². The number of nitrogen functional groups attached to an aromatic ring is 1. The number of halogens is 1. The number of nitrogens with zero attached hydrogens (tertiary/aromatic N) is 6. The molecular formula is C9H8BrN7. The fourth-order valence-electron chi connectivity index (χ4n) is 1.71. The molecule has 0 bridgehead atoms. The lowest BCUT2D eigenvalue weighted by atomic mass is 10.4. The Morgan fingerprint density at radius 3 is 2.82 bits per heavy atom. The molecule has 0 saturated carbocycles. The molecule has 86 valence electrons. The van der Waals surface area contributed by atoms with Gasteiger partial charge in [0.2, 0.25) is 11.9 Å². The lowest BCUT2D eigenvalue weighted by Gasteiger charge is -2.02. The molecule has 8 heteroatoms. The lowest BCUT2D eigenvalue weighted by Crippen LogP contribution is -2.08. The summed E-state index contributed by atoms with van der Waals surface area (Å²) in [5.41, 5.74) is 7.42. The first-order valence-corrected chi connectivity index (χ1v) is 5.59. The molecule has 2 N–H and O–H groups in total. The van der Waals surface area contributed by atoms with E-state index in [4.69, 9.17) is 5.73 Å². The van der Waals surface area contributed by atoms with Gasteiger partial charge in [0.15, 0.2) is 0 Å². The third-order valence-electron chi connectivity index (χ3n) is 2.47. The number of hydrogen-bond acceptors (Lipinski definition) is 5. The Morgan fingerprint density at radius 2 is 2.18 bits per heavy atom. The van der Waals surface area contributed by atoms with E-state index in [1.807, 2.05) is 11.6 Å². The van der Waals surface area contributed by atoms with Crippen molar-refractivity contribution in [3.63, 3.8) is 0 Å². The molecule has 0 radical (unpaired) electrons. The van der Waals surface area contributed by atoms with Crippen LogP contribution in [0.3, 0.4) is 0 Å². The maximum Gasteiger partial charge on any atom is 0.234 e. The van der Waals surface area contributed by atoms with Crippen LogP contribution >= 0.6 is 15.9 Å². The van der Waals surface area contributed by atoms with E-state index in [1.54, 1.807) is 12.4 Å². The SMILES string of the molecule is Cn1c(-n2ncnc2N)nc2cncc(Br)c21. The molecular weight excluding hydrogens is 286 g/mol. The lowest BCUT2D eigenvalue weighted by molar-refractivity contribution is 0.767. The van der Waals surface area contributed by atoms with Crippen LogP contribution in [0.1, 0.15) is 0 Å². The van der Waals surface area contributed by atoms with Gasteiger partial charge >= 0.3 is 0 Å². The highest BCUT2D eigenvalue weighted by Crippen LogP contribution is 2.24. The van der Waals surface area contributed by atoms with Crippen LogP contribution in [0.5, 0.6) is 0 Å². The number of pyridine rings is 1. The van der Waals surface area contributed by atoms with Crippen molar-refractivity contribution >= 4 is 32.9 Å². The standard InChI is InChI=1S/C9H8BrN7/c1-16-7-5(10)2-12-3-6(7)15-9(16)17-8(11)13-4-14-17/h2-4H,1H3,(H2,11,13,14). The number of nitrogens with two attached hydrogens (primary N) is 1. The predicted molar refractivity (Wildman–Crippen MR) is 65.5 cm³/mol. The maximum absolute atomic E-state index is 5.71. The highest BCUT2D eigenvalue weighted by molar-refractivity contribution is 9.10. The molecule has 0 unspecified atom stereocenters. The Hall–Kier alpha value is -1.96. The van der Waals surface area contributed by atoms with E-state index in [9.17, 15) is 0 Å². The summed E-state index contributed by atoms with van der Waals surface area (Å²) in [4.78, 5) is 12.4. The molecule has 0 amide bonds. The zero-order valence-corrected chi connectivity index (χ0v) is 10.5. The van der Waals surface area contributed by atoms with Crippen LogP contribution < -0.4 is 5.73 Å². The summed E-state index contributed by atoms with van der Waals surface area (Å²) in [5.74, 6) is 0.899.